The van der Waals surface area contributed by atoms with E-state index in [0.717, 1.165) is 27.6 Å². The van der Waals surface area contributed by atoms with Crippen molar-refractivity contribution in [3.63, 3.8) is 0 Å². The van der Waals surface area contributed by atoms with Crippen molar-refractivity contribution in [2.45, 2.75) is 6.04 Å². The molecular formula is C19H14ClNO. The van der Waals surface area contributed by atoms with Gasteiger partial charge in [0.05, 0.1) is 5.69 Å². The second-order valence-corrected chi connectivity index (χ2v) is 5.62. The quantitative estimate of drug-likeness (QED) is 0.641. The van der Waals surface area contributed by atoms with E-state index in [-0.39, 0.29) is 6.04 Å². The zero-order chi connectivity index (χ0) is 14.9. The maximum atomic E-state index is 6.44. The molecule has 1 aliphatic heterocycles. The van der Waals surface area contributed by atoms with Gasteiger partial charge in [-0.05, 0) is 24.3 Å². The molecule has 1 aliphatic rings. The number of hydrogen-bond acceptors (Lipinski definition) is 2. The van der Waals surface area contributed by atoms with Crippen LogP contribution in [0.5, 0.6) is 5.75 Å². The third-order valence-electron chi connectivity index (χ3n) is 3.86. The van der Waals surface area contributed by atoms with Gasteiger partial charge in [-0.3, -0.25) is 0 Å². The summed E-state index contributed by atoms with van der Waals surface area (Å²) in [6, 6.07) is 26.0. The van der Waals surface area contributed by atoms with Gasteiger partial charge in [-0.1, -0.05) is 66.2 Å². The van der Waals surface area contributed by atoms with E-state index >= 15 is 0 Å². The van der Waals surface area contributed by atoms with Gasteiger partial charge < -0.3 is 4.84 Å². The molecule has 0 aliphatic carbocycles. The zero-order valence-corrected chi connectivity index (χ0v) is 12.6. The number of anilines is 1. The first-order valence-corrected chi connectivity index (χ1v) is 7.58. The molecule has 2 nitrogen and oxygen atoms in total. The van der Waals surface area contributed by atoms with Crippen LogP contribution in [0.2, 0.25) is 5.02 Å². The molecular weight excluding hydrogens is 294 g/mol. The summed E-state index contributed by atoms with van der Waals surface area (Å²) in [5.74, 6) is 0.872. The van der Waals surface area contributed by atoms with E-state index in [0.29, 0.717) is 0 Å². The van der Waals surface area contributed by atoms with Gasteiger partial charge in [0.15, 0.2) is 5.75 Å². The highest BCUT2D eigenvalue weighted by atomic mass is 35.5. The van der Waals surface area contributed by atoms with E-state index < -0.39 is 0 Å². The number of hydroxylamine groups is 1. The van der Waals surface area contributed by atoms with Crippen molar-refractivity contribution in [1.82, 2.24) is 0 Å². The number of rotatable bonds is 2. The number of hydrogen-bond donors (Lipinski definition) is 0. The molecule has 3 aromatic rings. The monoisotopic (exact) mass is 307 g/mol. The second kappa shape index (κ2) is 5.39. The molecule has 4 rings (SSSR count). The molecule has 1 atom stereocenters. The molecule has 3 heteroatoms. The summed E-state index contributed by atoms with van der Waals surface area (Å²) in [6.45, 7) is 0. The lowest BCUT2D eigenvalue weighted by Crippen LogP contribution is -2.26. The van der Waals surface area contributed by atoms with Crippen LogP contribution in [0.25, 0.3) is 0 Å². The summed E-state index contributed by atoms with van der Waals surface area (Å²) in [7, 11) is 0. The standard InChI is InChI=1S/C19H14ClNO/c20-17-12-6-4-10-15(17)19-16-11-5-7-13-18(16)22-21(19)14-8-2-1-3-9-14/h1-13,19H. The van der Waals surface area contributed by atoms with Crippen LogP contribution in [0.3, 0.4) is 0 Å². The van der Waals surface area contributed by atoms with Gasteiger partial charge in [0.1, 0.15) is 6.04 Å². The van der Waals surface area contributed by atoms with E-state index in [1.54, 1.807) is 0 Å². The van der Waals surface area contributed by atoms with E-state index in [2.05, 4.69) is 12.1 Å². The van der Waals surface area contributed by atoms with Crippen LogP contribution >= 0.6 is 11.6 Å². The highest BCUT2D eigenvalue weighted by Gasteiger charge is 2.35. The van der Waals surface area contributed by atoms with Crippen molar-refractivity contribution in [3.05, 3.63) is 95.0 Å². The first-order valence-electron chi connectivity index (χ1n) is 7.20. The van der Waals surface area contributed by atoms with Crippen molar-refractivity contribution < 1.29 is 4.84 Å². The largest absolute Gasteiger partial charge is 0.378 e. The van der Waals surface area contributed by atoms with E-state index in [9.17, 15) is 0 Å². The summed E-state index contributed by atoms with van der Waals surface area (Å²) in [4.78, 5) is 6.09. The fraction of sp³-hybridized carbons (Fsp3) is 0.0526. The third kappa shape index (κ3) is 2.13. The molecule has 1 unspecified atom stereocenters. The minimum atomic E-state index is -0.0488. The lowest BCUT2D eigenvalue weighted by Gasteiger charge is -2.25. The lowest BCUT2D eigenvalue weighted by atomic mass is 9.98. The van der Waals surface area contributed by atoms with Gasteiger partial charge in [0.2, 0.25) is 0 Å². The lowest BCUT2D eigenvalue weighted by molar-refractivity contribution is 0.293. The molecule has 0 fully saturated rings. The van der Waals surface area contributed by atoms with Gasteiger partial charge in [0, 0.05) is 16.1 Å². The molecule has 0 spiro atoms. The van der Waals surface area contributed by atoms with Crippen LogP contribution in [0.1, 0.15) is 17.2 Å². The van der Waals surface area contributed by atoms with Crippen molar-refractivity contribution in [1.29, 1.82) is 0 Å². The normalized spacial score (nSPS) is 16.2. The Morgan fingerprint density at radius 3 is 2.14 bits per heavy atom. The highest BCUT2D eigenvalue weighted by Crippen LogP contribution is 2.45. The first kappa shape index (κ1) is 13.2. The van der Waals surface area contributed by atoms with Crippen LogP contribution in [0.4, 0.5) is 5.69 Å². The van der Waals surface area contributed by atoms with E-state index in [1.807, 2.05) is 71.8 Å². The van der Waals surface area contributed by atoms with Crippen molar-refractivity contribution in [3.8, 4) is 5.75 Å². The predicted octanol–water partition coefficient (Wildman–Crippen LogP) is 5.24. The average molecular weight is 308 g/mol. The highest BCUT2D eigenvalue weighted by molar-refractivity contribution is 6.31. The fourth-order valence-electron chi connectivity index (χ4n) is 2.84. The van der Waals surface area contributed by atoms with Crippen molar-refractivity contribution in [2.75, 3.05) is 5.06 Å². The molecule has 0 amide bonds. The maximum Gasteiger partial charge on any atom is 0.161 e. The SMILES string of the molecule is Clc1ccccc1C1c2ccccc2ON1c1ccccc1. The summed E-state index contributed by atoms with van der Waals surface area (Å²) in [6.07, 6.45) is 0. The maximum absolute atomic E-state index is 6.44. The molecule has 0 bridgehead atoms. The first-order chi connectivity index (χ1) is 10.8. The smallest absolute Gasteiger partial charge is 0.161 e. The Labute approximate surface area is 134 Å². The second-order valence-electron chi connectivity index (χ2n) is 5.21. The fourth-order valence-corrected chi connectivity index (χ4v) is 3.08. The zero-order valence-electron chi connectivity index (χ0n) is 11.8. The number of para-hydroxylation sites is 2. The topological polar surface area (TPSA) is 12.5 Å². The van der Waals surface area contributed by atoms with E-state index in [1.165, 1.54) is 0 Å². The minimum absolute atomic E-state index is 0.0488. The van der Waals surface area contributed by atoms with Crippen LogP contribution in [0, 0.1) is 0 Å². The summed E-state index contributed by atoms with van der Waals surface area (Å²) >= 11 is 6.44. The molecule has 3 aromatic carbocycles. The minimum Gasteiger partial charge on any atom is -0.378 e. The summed E-state index contributed by atoms with van der Waals surface area (Å²) in [5, 5.41) is 2.67. The number of nitrogens with zero attached hydrogens (tertiary/aromatic N) is 1. The van der Waals surface area contributed by atoms with E-state index in [4.69, 9.17) is 16.4 Å². The molecule has 22 heavy (non-hydrogen) atoms. The van der Waals surface area contributed by atoms with Crippen LogP contribution in [-0.4, -0.2) is 0 Å². The Kier molecular flexibility index (Phi) is 3.24. The van der Waals surface area contributed by atoms with Gasteiger partial charge in [-0.15, -0.1) is 0 Å². The Hall–Kier alpha value is -2.45. The number of benzene rings is 3. The van der Waals surface area contributed by atoms with Crippen LogP contribution < -0.4 is 9.90 Å². The van der Waals surface area contributed by atoms with Gasteiger partial charge in [0.25, 0.3) is 0 Å². The summed E-state index contributed by atoms with van der Waals surface area (Å²) in [5.41, 5.74) is 3.17. The molecule has 0 aromatic heterocycles. The molecule has 0 saturated heterocycles. The molecule has 0 radical (unpaired) electrons. The summed E-state index contributed by atoms with van der Waals surface area (Å²) < 4.78 is 0. The Balaban J connectivity index is 1.88. The molecule has 108 valence electrons. The molecule has 0 saturated carbocycles. The Bertz CT molecular complexity index is 803. The molecule has 1 heterocycles. The number of halogens is 1. The van der Waals surface area contributed by atoms with Crippen molar-refractivity contribution in [2.24, 2.45) is 0 Å². The van der Waals surface area contributed by atoms with Crippen LogP contribution in [0.15, 0.2) is 78.9 Å². The van der Waals surface area contributed by atoms with Gasteiger partial charge in [-0.25, -0.2) is 0 Å². The predicted molar refractivity (Wildman–Crippen MR) is 89.3 cm³/mol. The van der Waals surface area contributed by atoms with Gasteiger partial charge in [-0.2, -0.15) is 5.06 Å². The Morgan fingerprint density at radius 1 is 0.727 bits per heavy atom. The number of fused-ring (bicyclic) bond motifs is 1. The van der Waals surface area contributed by atoms with Gasteiger partial charge >= 0.3 is 0 Å². The Morgan fingerprint density at radius 2 is 1.36 bits per heavy atom. The van der Waals surface area contributed by atoms with Crippen molar-refractivity contribution >= 4 is 17.3 Å². The molecule has 0 N–H and O–H groups in total. The van der Waals surface area contributed by atoms with Crippen LogP contribution in [-0.2, 0) is 0 Å². The third-order valence-corrected chi connectivity index (χ3v) is 4.20. The average Bonchev–Trinajstić information content (AvgIpc) is 2.95.